The molecular weight excluding hydrogens is 335 g/mol. The van der Waals surface area contributed by atoms with Crippen molar-refractivity contribution in [3.63, 3.8) is 0 Å². The molecule has 1 unspecified atom stereocenters. The normalized spacial score (nSPS) is 19.3. The third-order valence-electron chi connectivity index (χ3n) is 5.04. The Hall–Kier alpha value is -2.89. The van der Waals surface area contributed by atoms with Crippen LogP contribution in [0, 0.1) is 5.82 Å². The van der Waals surface area contributed by atoms with Gasteiger partial charge in [0.1, 0.15) is 11.6 Å². The molecule has 0 spiro atoms. The molecule has 2 amide bonds. The van der Waals surface area contributed by atoms with E-state index in [0.717, 1.165) is 17.7 Å². The zero-order chi connectivity index (χ0) is 18.3. The molecule has 5 nitrogen and oxygen atoms in total. The number of fused-ring (bicyclic) bond motifs is 1. The van der Waals surface area contributed by atoms with Crippen LogP contribution in [0.5, 0.6) is 5.75 Å². The first-order valence-electron chi connectivity index (χ1n) is 8.64. The van der Waals surface area contributed by atoms with Gasteiger partial charge in [-0.15, -0.1) is 0 Å². The van der Waals surface area contributed by atoms with Crippen LogP contribution in [0.15, 0.2) is 36.4 Å². The van der Waals surface area contributed by atoms with Crippen LogP contribution in [0.25, 0.3) is 0 Å². The molecule has 2 aromatic rings. The van der Waals surface area contributed by atoms with Crippen LogP contribution in [0.3, 0.4) is 0 Å². The number of carbonyl (C=O) groups is 2. The average Bonchev–Trinajstić information content (AvgIpc) is 3.06. The minimum Gasteiger partial charge on any atom is -0.497 e. The Balaban J connectivity index is 1.74. The number of methoxy groups -OCH3 is 1. The molecule has 0 aromatic heterocycles. The summed E-state index contributed by atoms with van der Waals surface area (Å²) in [5.41, 5.74) is 2.72. The van der Waals surface area contributed by atoms with Crippen LogP contribution in [0.4, 0.5) is 15.8 Å². The van der Waals surface area contributed by atoms with Crippen LogP contribution in [-0.4, -0.2) is 25.5 Å². The maximum absolute atomic E-state index is 14.6. The standard InChI is InChI=1S/C20H19FN2O3/c1-26-13-5-7-14(17(21)10-13)16-11-19(24)22-18-9-12(4-6-15(16)18)23-8-2-3-20(23)25/h4-7,9-10,16H,2-3,8,11H2,1H3,(H,22,24). The summed E-state index contributed by atoms with van der Waals surface area (Å²) in [6.45, 7) is 0.683. The summed E-state index contributed by atoms with van der Waals surface area (Å²) in [5, 5.41) is 2.86. The van der Waals surface area contributed by atoms with E-state index in [1.54, 1.807) is 17.0 Å². The number of amides is 2. The van der Waals surface area contributed by atoms with Crippen molar-refractivity contribution in [2.45, 2.75) is 25.2 Å². The Morgan fingerprint density at radius 3 is 2.65 bits per heavy atom. The third kappa shape index (κ3) is 2.81. The van der Waals surface area contributed by atoms with E-state index in [0.29, 0.717) is 30.0 Å². The van der Waals surface area contributed by atoms with E-state index in [1.807, 2.05) is 18.2 Å². The van der Waals surface area contributed by atoms with E-state index in [4.69, 9.17) is 4.74 Å². The highest BCUT2D eigenvalue weighted by Crippen LogP contribution is 2.40. The van der Waals surface area contributed by atoms with Crippen LogP contribution < -0.4 is 15.0 Å². The molecule has 134 valence electrons. The smallest absolute Gasteiger partial charge is 0.227 e. The van der Waals surface area contributed by atoms with Crippen LogP contribution in [0.2, 0.25) is 0 Å². The molecule has 2 aromatic carbocycles. The fourth-order valence-corrected chi connectivity index (χ4v) is 3.74. The highest BCUT2D eigenvalue weighted by atomic mass is 19.1. The highest BCUT2D eigenvalue weighted by Gasteiger charge is 2.30. The third-order valence-corrected chi connectivity index (χ3v) is 5.04. The van der Waals surface area contributed by atoms with Gasteiger partial charge in [0.05, 0.1) is 7.11 Å². The summed E-state index contributed by atoms with van der Waals surface area (Å²) in [6, 6.07) is 10.3. The number of nitrogens with one attached hydrogen (secondary N) is 1. The van der Waals surface area contributed by atoms with E-state index >= 15 is 0 Å². The zero-order valence-corrected chi connectivity index (χ0v) is 14.4. The van der Waals surface area contributed by atoms with E-state index in [1.165, 1.54) is 13.2 Å². The summed E-state index contributed by atoms with van der Waals surface area (Å²) in [4.78, 5) is 25.9. The molecule has 0 aliphatic carbocycles. The monoisotopic (exact) mass is 354 g/mol. The number of hydrogen-bond donors (Lipinski definition) is 1. The minimum absolute atomic E-state index is 0.0878. The molecule has 26 heavy (non-hydrogen) atoms. The fourth-order valence-electron chi connectivity index (χ4n) is 3.74. The van der Waals surface area contributed by atoms with E-state index in [2.05, 4.69) is 5.32 Å². The Labute approximate surface area is 150 Å². The second-order valence-corrected chi connectivity index (χ2v) is 6.61. The lowest BCUT2D eigenvalue weighted by molar-refractivity contribution is -0.117. The van der Waals surface area contributed by atoms with Gasteiger partial charge in [0.2, 0.25) is 11.8 Å². The second-order valence-electron chi connectivity index (χ2n) is 6.61. The zero-order valence-electron chi connectivity index (χ0n) is 14.4. The number of benzene rings is 2. The molecule has 2 heterocycles. The van der Waals surface area contributed by atoms with Crippen molar-refractivity contribution in [2.75, 3.05) is 23.9 Å². The fraction of sp³-hybridized carbons (Fsp3) is 0.300. The number of carbonyl (C=O) groups excluding carboxylic acids is 2. The largest absolute Gasteiger partial charge is 0.497 e. The number of rotatable bonds is 3. The summed E-state index contributed by atoms with van der Waals surface area (Å²) in [6.07, 6.45) is 1.56. The molecule has 2 aliphatic rings. The summed E-state index contributed by atoms with van der Waals surface area (Å²) in [5.74, 6) is -0.399. The molecular formula is C20H19FN2O3. The molecule has 1 N–H and O–H groups in total. The molecule has 1 fully saturated rings. The van der Waals surface area contributed by atoms with Gasteiger partial charge in [0.15, 0.2) is 0 Å². The Morgan fingerprint density at radius 2 is 1.96 bits per heavy atom. The lowest BCUT2D eigenvalue weighted by Crippen LogP contribution is -2.26. The van der Waals surface area contributed by atoms with Gasteiger partial charge in [-0.25, -0.2) is 4.39 Å². The number of anilines is 2. The molecule has 1 atom stereocenters. The summed E-state index contributed by atoms with van der Waals surface area (Å²) >= 11 is 0. The maximum Gasteiger partial charge on any atom is 0.227 e. The topological polar surface area (TPSA) is 58.6 Å². The first-order chi connectivity index (χ1) is 12.6. The van der Waals surface area contributed by atoms with Crippen molar-refractivity contribution < 1.29 is 18.7 Å². The average molecular weight is 354 g/mol. The predicted octanol–water partition coefficient (Wildman–Crippen LogP) is 3.44. The predicted molar refractivity (Wildman–Crippen MR) is 96.1 cm³/mol. The first-order valence-corrected chi connectivity index (χ1v) is 8.64. The van der Waals surface area contributed by atoms with Crippen LogP contribution in [-0.2, 0) is 9.59 Å². The molecule has 0 bridgehead atoms. The van der Waals surface area contributed by atoms with Crippen LogP contribution >= 0.6 is 0 Å². The molecule has 2 aliphatic heterocycles. The Morgan fingerprint density at radius 1 is 1.15 bits per heavy atom. The lowest BCUT2D eigenvalue weighted by atomic mass is 9.84. The number of halogens is 1. The van der Waals surface area contributed by atoms with E-state index in [-0.39, 0.29) is 24.2 Å². The van der Waals surface area contributed by atoms with Gasteiger partial charge in [-0.05, 0) is 35.7 Å². The Kier molecular flexibility index (Phi) is 4.11. The number of hydrogen-bond acceptors (Lipinski definition) is 3. The van der Waals surface area contributed by atoms with Gasteiger partial charge in [0, 0.05) is 42.7 Å². The molecule has 0 saturated carbocycles. The van der Waals surface area contributed by atoms with Crippen molar-refractivity contribution in [1.29, 1.82) is 0 Å². The van der Waals surface area contributed by atoms with Crippen LogP contribution in [0.1, 0.15) is 36.3 Å². The van der Waals surface area contributed by atoms with Crippen molar-refractivity contribution in [3.8, 4) is 5.75 Å². The quantitative estimate of drug-likeness (QED) is 0.919. The Bertz CT molecular complexity index is 897. The van der Waals surface area contributed by atoms with E-state index < -0.39 is 5.82 Å². The van der Waals surface area contributed by atoms with Gasteiger partial charge in [-0.1, -0.05) is 12.1 Å². The highest BCUT2D eigenvalue weighted by molar-refractivity contribution is 5.99. The molecule has 4 rings (SSSR count). The minimum atomic E-state index is -0.395. The number of ether oxygens (including phenoxy) is 1. The lowest BCUT2D eigenvalue weighted by Gasteiger charge is -2.28. The van der Waals surface area contributed by atoms with Gasteiger partial charge in [-0.2, -0.15) is 0 Å². The number of nitrogens with zero attached hydrogens (tertiary/aromatic N) is 1. The van der Waals surface area contributed by atoms with Gasteiger partial charge < -0.3 is 15.0 Å². The second kappa shape index (κ2) is 6.44. The summed E-state index contributed by atoms with van der Waals surface area (Å²) in [7, 11) is 1.49. The SMILES string of the molecule is COc1ccc(C2CC(=O)Nc3cc(N4CCCC4=O)ccc32)c(F)c1. The maximum atomic E-state index is 14.6. The van der Waals surface area contributed by atoms with Crippen molar-refractivity contribution in [1.82, 2.24) is 0 Å². The van der Waals surface area contributed by atoms with E-state index in [9.17, 15) is 14.0 Å². The first kappa shape index (κ1) is 16.6. The van der Waals surface area contributed by atoms with Gasteiger partial charge >= 0.3 is 0 Å². The molecule has 6 heteroatoms. The van der Waals surface area contributed by atoms with Crippen molar-refractivity contribution in [2.24, 2.45) is 0 Å². The van der Waals surface area contributed by atoms with Crippen molar-refractivity contribution >= 4 is 23.2 Å². The molecule has 1 saturated heterocycles. The molecule has 0 radical (unpaired) electrons. The van der Waals surface area contributed by atoms with Crippen molar-refractivity contribution in [3.05, 3.63) is 53.3 Å². The summed E-state index contributed by atoms with van der Waals surface area (Å²) < 4.78 is 19.6. The van der Waals surface area contributed by atoms with Gasteiger partial charge in [-0.3, -0.25) is 9.59 Å². The van der Waals surface area contributed by atoms with Gasteiger partial charge in [0.25, 0.3) is 0 Å².